The molecule has 4 rings (SSSR count). The van der Waals surface area contributed by atoms with Gasteiger partial charge in [-0.15, -0.1) is 0 Å². The first-order chi connectivity index (χ1) is 16.3. The lowest BCUT2D eigenvalue weighted by Crippen LogP contribution is -2.42. The Morgan fingerprint density at radius 1 is 0.941 bits per heavy atom. The molecule has 1 amide bonds. The first-order valence-electron chi connectivity index (χ1n) is 10.8. The Labute approximate surface area is 198 Å². The summed E-state index contributed by atoms with van der Waals surface area (Å²) in [4.78, 5) is 29.1. The first-order valence-corrected chi connectivity index (χ1v) is 12.3. The van der Waals surface area contributed by atoms with Crippen molar-refractivity contribution in [2.75, 3.05) is 13.6 Å². The van der Waals surface area contributed by atoms with Crippen LogP contribution in [0.15, 0.2) is 101 Å². The van der Waals surface area contributed by atoms with Gasteiger partial charge < -0.3 is 9.88 Å². The second kappa shape index (κ2) is 10.0. The maximum atomic E-state index is 13.4. The molecule has 0 aliphatic heterocycles. The summed E-state index contributed by atoms with van der Waals surface area (Å²) in [6.07, 6.45) is 0.653. The van der Waals surface area contributed by atoms with Crippen molar-refractivity contribution in [2.45, 2.75) is 17.4 Å². The summed E-state index contributed by atoms with van der Waals surface area (Å²) < 4.78 is 29.1. The van der Waals surface area contributed by atoms with Crippen LogP contribution in [0.25, 0.3) is 10.9 Å². The summed E-state index contributed by atoms with van der Waals surface area (Å²) in [7, 11) is -2.38. The zero-order chi connectivity index (χ0) is 24.1. The number of nitrogens with zero attached hydrogens (tertiary/aromatic N) is 1. The van der Waals surface area contributed by atoms with Crippen LogP contribution in [0, 0.1) is 0 Å². The van der Waals surface area contributed by atoms with Crippen molar-refractivity contribution >= 4 is 26.8 Å². The molecule has 0 spiro atoms. The third-order valence-corrected chi connectivity index (χ3v) is 7.03. The van der Waals surface area contributed by atoms with E-state index in [1.54, 1.807) is 37.4 Å². The fraction of sp³-hybridized carbons (Fsp3) is 0.154. The molecule has 1 aromatic heterocycles. The van der Waals surface area contributed by atoms with Crippen molar-refractivity contribution in [2.24, 2.45) is 0 Å². The fourth-order valence-corrected chi connectivity index (χ4v) is 4.91. The molecule has 1 unspecified atom stereocenters. The zero-order valence-corrected chi connectivity index (χ0v) is 19.5. The van der Waals surface area contributed by atoms with E-state index in [9.17, 15) is 18.0 Å². The number of amides is 1. The van der Waals surface area contributed by atoms with Gasteiger partial charge in [-0.25, -0.2) is 8.42 Å². The number of pyridine rings is 1. The molecule has 0 bridgehead atoms. The number of carbonyl (C=O) groups is 1. The maximum absolute atomic E-state index is 13.4. The Balaban J connectivity index is 1.60. The van der Waals surface area contributed by atoms with E-state index in [2.05, 4.69) is 9.71 Å². The lowest BCUT2D eigenvalue weighted by atomic mass is 10.1. The van der Waals surface area contributed by atoms with E-state index in [0.29, 0.717) is 29.4 Å². The number of aromatic amines is 1. The van der Waals surface area contributed by atoms with Gasteiger partial charge in [-0.3, -0.25) is 9.59 Å². The number of likely N-dealkylation sites (N-methyl/N-ethyl adjacent to an activating group) is 1. The number of H-pyrrole nitrogens is 1. The van der Waals surface area contributed by atoms with E-state index < -0.39 is 16.1 Å². The monoisotopic (exact) mass is 475 g/mol. The second-order valence-electron chi connectivity index (χ2n) is 8.03. The van der Waals surface area contributed by atoms with Crippen molar-refractivity contribution in [3.8, 4) is 0 Å². The van der Waals surface area contributed by atoms with Crippen LogP contribution in [0.1, 0.15) is 17.2 Å². The highest BCUT2D eigenvalue weighted by molar-refractivity contribution is 7.89. The summed E-state index contributed by atoms with van der Waals surface area (Å²) in [6.45, 7) is 0.442. The molecule has 8 heteroatoms. The Hall–Kier alpha value is -3.75. The molecule has 2 N–H and O–H groups in total. The predicted octanol–water partition coefficient (Wildman–Crippen LogP) is 3.25. The maximum Gasteiger partial charge on any atom is 0.248 e. The van der Waals surface area contributed by atoms with Crippen LogP contribution < -0.4 is 10.3 Å². The lowest BCUT2D eigenvalue weighted by molar-refractivity contribution is -0.131. The minimum absolute atomic E-state index is 0.00715. The third-order valence-electron chi connectivity index (χ3n) is 5.61. The van der Waals surface area contributed by atoms with Crippen molar-refractivity contribution in [1.82, 2.24) is 14.6 Å². The topological polar surface area (TPSA) is 99.3 Å². The molecular weight excluding hydrogens is 450 g/mol. The molecule has 0 saturated heterocycles. The minimum Gasteiger partial charge on any atom is -0.344 e. The molecule has 3 aromatic carbocycles. The molecule has 1 atom stereocenters. The predicted molar refractivity (Wildman–Crippen MR) is 132 cm³/mol. The second-order valence-corrected chi connectivity index (χ2v) is 9.75. The van der Waals surface area contributed by atoms with E-state index in [0.717, 1.165) is 5.56 Å². The Morgan fingerprint density at radius 3 is 2.32 bits per heavy atom. The number of hydrogen-bond donors (Lipinski definition) is 2. The van der Waals surface area contributed by atoms with Crippen LogP contribution in [0.4, 0.5) is 0 Å². The third kappa shape index (κ3) is 5.41. The molecular formula is C26H25N3O4S. The molecule has 0 saturated carbocycles. The number of sulfonamides is 1. The molecule has 34 heavy (non-hydrogen) atoms. The van der Waals surface area contributed by atoms with Crippen molar-refractivity contribution in [3.05, 3.63) is 112 Å². The molecule has 174 valence electrons. The lowest BCUT2D eigenvalue weighted by Gasteiger charge is -2.25. The van der Waals surface area contributed by atoms with Gasteiger partial charge >= 0.3 is 0 Å². The largest absolute Gasteiger partial charge is 0.344 e. The number of nitrogens with one attached hydrogen (secondary N) is 2. The van der Waals surface area contributed by atoms with E-state index in [-0.39, 0.29) is 16.4 Å². The van der Waals surface area contributed by atoms with Crippen molar-refractivity contribution in [3.63, 3.8) is 0 Å². The van der Waals surface area contributed by atoms with Crippen LogP contribution >= 0.6 is 0 Å². The van der Waals surface area contributed by atoms with Crippen LogP contribution in [-0.2, 0) is 21.2 Å². The average Bonchev–Trinajstić information content (AvgIpc) is 2.86. The number of rotatable bonds is 8. The molecule has 0 fully saturated rings. The van der Waals surface area contributed by atoms with Crippen molar-refractivity contribution < 1.29 is 13.2 Å². The van der Waals surface area contributed by atoms with Gasteiger partial charge in [0.2, 0.25) is 21.5 Å². The van der Waals surface area contributed by atoms with Gasteiger partial charge in [0.05, 0.1) is 4.90 Å². The highest BCUT2D eigenvalue weighted by Gasteiger charge is 2.29. The summed E-state index contributed by atoms with van der Waals surface area (Å²) in [5.74, 6) is -0.351. The molecule has 0 aliphatic carbocycles. The number of aromatic nitrogens is 1. The highest BCUT2D eigenvalue weighted by Crippen LogP contribution is 2.22. The molecule has 1 heterocycles. The number of carbonyl (C=O) groups excluding carboxylic acids is 1. The summed E-state index contributed by atoms with van der Waals surface area (Å²) in [5.41, 5.74) is 1.90. The van der Waals surface area contributed by atoms with Gasteiger partial charge in [0, 0.05) is 25.2 Å². The highest BCUT2D eigenvalue weighted by atomic mass is 32.2. The molecule has 0 aliphatic rings. The van der Waals surface area contributed by atoms with Gasteiger partial charge in [-0.1, -0.05) is 60.7 Å². The van der Waals surface area contributed by atoms with Crippen LogP contribution in [0.2, 0.25) is 0 Å². The van der Waals surface area contributed by atoms with Crippen molar-refractivity contribution in [1.29, 1.82) is 0 Å². The van der Waals surface area contributed by atoms with E-state index in [1.807, 2.05) is 36.4 Å². The zero-order valence-electron chi connectivity index (χ0n) is 18.6. The molecule has 7 nitrogen and oxygen atoms in total. The first kappa shape index (κ1) is 23.4. The number of hydrogen-bond acceptors (Lipinski definition) is 4. The summed E-state index contributed by atoms with van der Waals surface area (Å²) in [6, 6.07) is 24.8. The standard InChI is InChI=1S/C26H25N3O4S/c1-29(17-16-19-8-4-2-5-9-19)26(31)25(20-10-6-3-7-11-20)28-34(32,33)22-13-14-23-21(18-22)12-15-24(30)27-23/h2-15,18,25,28H,16-17H2,1H3,(H,27,30). The van der Waals surface area contributed by atoms with Gasteiger partial charge in [0.15, 0.2) is 0 Å². The van der Waals surface area contributed by atoms with Gasteiger partial charge in [-0.2, -0.15) is 4.72 Å². The average molecular weight is 476 g/mol. The van der Waals surface area contributed by atoms with E-state index >= 15 is 0 Å². The van der Waals surface area contributed by atoms with Gasteiger partial charge in [0.25, 0.3) is 0 Å². The van der Waals surface area contributed by atoms with Gasteiger partial charge in [-0.05, 0) is 47.2 Å². The fourth-order valence-electron chi connectivity index (χ4n) is 3.70. The number of fused-ring (bicyclic) bond motifs is 1. The quantitative estimate of drug-likeness (QED) is 0.409. The SMILES string of the molecule is CN(CCc1ccccc1)C(=O)C(NS(=O)(=O)c1ccc2[nH]c(=O)ccc2c1)c1ccccc1. The van der Waals surface area contributed by atoms with E-state index in [1.165, 1.54) is 29.2 Å². The normalized spacial score (nSPS) is 12.4. The smallest absolute Gasteiger partial charge is 0.248 e. The molecule has 4 aromatic rings. The summed E-state index contributed by atoms with van der Waals surface area (Å²) in [5, 5.41) is 0.574. The Kier molecular flexibility index (Phi) is 6.90. The number of benzene rings is 3. The van der Waals surface area contributed by atoms with Crippen LogP contribution in [0.5, 0.6) is 0 Å². The Morgan fingerprint density at radius 2 is 1.62 bits per heavy atom. The van der Waals surface area contributed by atoms with Crippen LogP contribution in [0.3, 0.4) is 0 Å². The summed E-state index contributed by atoms with van der Waals surface area (Å²) >= 11 is 0. The van der Waals surface area contributed by atoms with E-state index in [4.69, 9.17) is 0 Å². The minimum atomic E-state index is -4.04. The van der Waals surface area contributed by atoms with Gasteiger partial charge in [0.1, 0.15) is 6.04 Å². The van der Waals surface area contributed by atoms with Crippen LogP contribution in [-0.4, -0.2) is 37.8 Å². The Bertz CT molecular complexity index is 1450. The molecule has 0 radical (unpaired) electrons.